The van der Waals surface area contributed by atoms with Gasteiger partial charge in [0, 0.05) is 30.4 Å². The third-order valence-corrected chi connectivity index (χ3v) is 5.17. The van der Waals surface area contributed by atoms with Crippen LogP contribution < -0.4 is 5.32 Å². The van der Waals surface area contributed by atoms with Gasteiger partial charge in [-0.3, -0.25) is 9.59 Å². The lowest BCUT2D eigenvalue weighted by molar-refractivity contribution is -0.135. The van der Waals surface area contributed by atoms with Crippen LogP contribution >= 0.6 is 11.3 Å². The Kier molecular flexibility index (Phi) is 4.58. The molecule has 1 saturated carbocycles. The van der Waals surface area contributed by atoms with E-state index in [-0.39, 0.29) is 17.7 Å². The third-order valence-electron chi connectivity index (χ3n) is 4.23. The molecule has 0 spiro atoms. The van der Waals surface area contributed by atoms with Crippen molar-refractivity contribution in [1.29, 1.82) is 0 Å². The number of aryl methyl sites for hydroxylation is 1. The molecule has 114 valence electrons. The first-order valence-electron chi connectivity index (χ1n) is 7.83. The Morgan fingerprint density at radius 1 is 1.33 bits per heavy atom. The van der Waals surface area contributed by atoms with Gasteiger partial charge in [-0.1, -0.05) is 6.07 Å². The molecule has 1 aliphatic carbocycles. The van der Waals surface area contributed by atoms with Crippen molar-refractivity contribution in [2.45, 2.75) is 44.6 Å². The number of nitrogens with zero attached hydrogens (tertiary/aromatic N) is 1. The lowest BCUT2D eigenvalue weighted by Crippen LogP contribution is -2.45. The normalized spacial score (nSPS) is 22.1. The van der Waals surface area contributed by atoms with E-state index >= 15 is 0 Å². The Labute approximate surface area is 129 Å². The van der Waals surface area contributed by atoms with E-state index in [1.807, 2.05) is 16.3 Å². The van der Waals surface area contributed by atoms with Crippen molar-refractivity contribution in [3.8, 4) is 0 Å². The van der Waals surface area contributed by atoms with Gasteiger partial charge in [-0.25, -0.2) is 0 Å². The van der Waals surface area contributed by atoms with E-state index < -0.39 is 0 Å². The van der Waals surface area contributed by atoms with E-state index in [1.54, 1.807) is 11.3 Å². The van der Waals surface area contributed by atoms with Crippen LogP contribution in [0.5, 0.6) is 0 Å². The summed E-state index contributed by atoms with van der Waals surface area (Å²) in [6.45, 7) is 1.40. The topological polar surface area (TPSA) is 49.4 Å². The molecule has 21 heavy (non-hydrogen) atoms. The maximum atomic E-state index is 12.3. The number of piperidine rings is 1. The summed E-state index contributed by atoms with van der Waals surface area (Å²) < 4.78 is 0. The van der Waals surface area contributed by atoms with Crippen molar-refractivity contribution >= 4 is 23.2 Å². The van der Waals surface area contributed by atoms with Gasteiger partial charge in [-0.2, -0.15) is 0 Å². The second-order valence-electron chi connectivity index (χ2n) is 6.04. The van der Waals surface area contributed by atoms with Gasteiger partial charge in [0.2, 0.25) is 11.8 Å². The number of likely N-dealkylation sites (tertiary alicyclic amines) is 1. The first-order valence-corrected chi connectivity index (χ1v) is 8.71. The predicted octanol–water partition coefficient (Wildman–Crippen LogP) is 2.20. The Morgan fingerprint density at radius 3 is 2.90 bits per heavy atom. The van der Waals surface area contributed by atoms with E-state index in [2.05, 4.69) is 11.4 Å². The minimum atomic E-state index is -0.00922. The van der Waals surface area contributed by atoms with Crippen LogP contribution in [0.1, 0.15) is 37.0 Å². The van der Waals surface area contributed by atoms with Gasteiger partial charge in [0.05, 0.1) is 5.92 Å². The van der Waals surface area contributed by atoms with Crippen LogP contribution in [0.15, 0.2) is 17.5 Å². The zero-order chi connectivity index (χ0) is 14.7. The summed E-state index contributed by atoms with van der Waals surface area (Å²) in [5.74, 6) is 0.325. The average Bonchev–Trinajstić information content (AvgIpc) is 3.16. The molecule has 1 saturated heterocycles. The smallest absolute Gasteiger partial charge is 0.225 e. The lowest BCUT2D eigenvalue weighted by atomic mass is 9.96. The highest BCUT2D eigenvalue weighted by molar-refractivity contribution is 7.09. The minimum absolute atomic E-state index is 0.00922. The second-order valence-corrected chi connectivity index (χ2v) is 7.07. The van der Waals surface area contributed by atoms with Gasteiger partial charge < -0.3 is 10.2 Å². The number of carbonyl (C=O) groups is 2. The first kappa shape index (κ1) is 14.6. The fourth-order valence-electron chi connectivity index (χ4n) is 2.81. The highest BCUT2D eigenvalue weighted by atomic mass is 32.1. The van der Waals surface area contributed by atoms with E-state index in [0.717, 1.165) is 38.6 Å². The molecule has 5 heteroatoms. The van der Waals surface area contributed by atoms with Crippen molar-refractivity contribution in [3.63, 3.8) is 0 Å². The van der Waals surface area contributed by atoms with Gasteiger partial charge in [0.25, 0.3) is 0 Å². The van der Waals surface area contributed by atoms with Crippen LogP contribution in [0, 0.1) is 5.92 Å². The third kappa shape index (κ3) is 4.06. The zero-order valence-electron chi connectivity index (χ0n) is 12.2. The fourth-order valence-corrected chi connectivity index (χ4v) is 3.52. The molecule has 0 bridgehead atoms. The Balaban J connectivity index is 1.47. The van der Waals surface area contributed by atoms with Crippen molar-refractivity contribution < 1.29 is 9.59 Å². The van der Waals surface area contributed by atoms with Crippen LogP contribution in [0.3, 0.4) is 0 Å². The molecular formula is C16H22N2O2S. The standard InChI is InChI=1S/C16H22N2O2S/c19-15(8-7-14-4-2-10-21-14)18-9-1-3-12(11-18)16(20)17-13-5-6-13/h2,4,10,12-13H,1,3,5-9,11H2,(H,17,20). The molecule has 0 aromatic carbocycles. The number of nitrogens with one attached hydrogen (secondary N) is 1. The summed E-state index contributed by atoms with van der Waals surface area (Å²) >= 11 is 1.70. The highest BCUT2D eigenvalue weighted by Gasteiger charge is 2.31. The highest BCUT2D eigenvalue weighted by Crippen LogP contribution is 2.22. The van der Waals surface area contributed by atoms with E-state index in [0.29, 0.717) is 19.0 Å². The predicted molar refractivity (Wildman–Crippen MR) is 83.1 cm³/mol. The quantitative estimate of drug-likeness (QED) is 0.906. The minimum Gasteiger partial charge on any atom is -0.353 e. The summed E-state index contributed by atoms with van der Waals surface area (Å²) in [6, 6.07) is 4.49. The Hall–Kier alpha value is -1.36. The van der Waals surface area contributed by atoms with Crippen LogP contribution in [-0.2, 0) is 16.0 Å². The number of amides is 2. The molecule has 3 rings (SSSR count). The monoisotopic (exact) mass is 306 g/mol. The fraction of sp³-hybridized carbons (Fsp3) is 0.625. The maximum absolute atomic E-state index is 12.3. The van der Waals surface area contributed by atoms with Gasteiger partial charge in [0.1, 0.15) is 0 Å². The largest absolute Gasteiger partial charge is 0.353 e. The molecule has 1 atom stereocenters. The Bertz CT molecular complexity index is 496. The van der Waals surface area contributed by atoms with Crippen LogP contribution in [-0.4, -0.2) is 35.8 Å². The van der Waals surface area contributed by atoms with Crippen molar-refractivity contribution in [3.05, 3.63) is 22.4 Å². The lowest BCUT2D eigenvalue weighted by Gasteiger charge is -2.32. The summed E-state index contributed by atoms with van der Waals surface area (Å²) in [4.78, 5) is 27.5. The number of thiophene rings is 1. The molecule has 1 N–H and O–H groups in total. The summed E-state index contributed by atoms with van der Waals surface area (Å²) in [5.41, 5.74) is 0. The summed E-state index contributed by atoms with van der Waals surface area (Å²) in [7, 11) is 0. The molecule has 2 aliphatic rings. The molecule has 4 nitrogen and oxygen atoms in total. The van der Waals surface area contributed by atoms with Crippen molar-refractivity contribution in [2.75, 3.05) is 13.1 Å². The molecule has 1 aromatic rings. The van der Waals surface area contributed by atoms with Crippen LogP contribution in [0.25, 0.3) is 0 Å². The molecule has 2 heterocycles. The summed E-state index contributed by atoms with van der Waals surface area (Å²) in [5, 5.41) is 5.10. The average molecular weight is 306 g/mol. The molecule has 1 aromatic heterocycles. The SMILES string of the molecule is O=C(NC1CC1)C1CCCN(C(=O)CCc2cccs2)C1. The van der Waals surface area contributed by atoms with E-state index in [1.165, 1.54) is 4.88 Å². The first-order chi connectivity index (χ1) is 10.2. The van der Waals surface area contributed by atoms with Gasteiger partial charge in [-0.05, 0) is 43.6 Å². The molecule has 0 radical (unpaired) electrons. The van der Waals surface area contributed by atoms with Gasteiger partial charge in [-0.15, -0.1) is 11.3 Å². The van der Waals surface area contributed by atoms with E-state index in [9.17, 15) is 9.59 Å². The van der Waals surface area contributed by atoms with Crippen LogP contribution in [0.4, 0.5) is 0 Å². The van der Waals surface area contributed by atoms with Gasteiger partial charge >= 0.3 is 0 Å². The zero-order valence-corrected chi connectivity index (χ0v) is 13.0. The number of rotatable bonds is 5. The van der Waals surface area contributed by atoms with Crippen molar-refractivity contribution in [2.24, 2.45) is 5.92 Å². The molecular weight excluding hydrogens is 284 g/mol. The van der Waals surface area contributed by atoms with E-state index in [4.69, 9.17) is 0 Å². The van der Waals surface area contributed by atoms with Crippen LogP contribution in [0.2, 0.25) is 0 Å². The summed E-state index contributed by atoms with van der Waals surface area (Å²) in [6.07, 6.45) is 5.44. The molecule has 2 fully saturated rings. The number of carbonyl (C=O) groups excluding carboxylic acids is 2. The molecule has 1 aliphatic heterocycles. The maximum Gasteiger partial charge on any atom is 0.225 e. The Morgan fingerprint density at radius 2 is 2.19 bits per heavy atom. The number of hydrogen-bond donors (Lipinski definition) is 1. The second kappa shape index (κ2) is 6.60. The number of hydrogen-bond acceptors (Lipinski definition) is 3. The molecule has 2 amide bonds. The molecule has 1 unspecified atom stereocenters. The van der Waals surface area contributed by atoms with Crippen molar-refractivity contribution in [1.82, 2.24) is 10.2 Å². The van der Waals surface area contributed by atoms with Gasteiger partial charge in [0.15, 0.2) is 0 Å².